The normalized spacial score (nSPS) is 18.4. The largest absolute Gasteiger partial charge is 0.450 e. The van der Waals surface area contributed by atoms with Crippen LogP contribution in [-0.4, -0.2) is 36.1 Å². The lowest BCUT2D eigenvalue weighted by Gasteiger charge is -2.17. The summed E-state index contributed by atoms with van der Waals surface area (Å²) in [5.74, 6) is -1.41. The summed E-state index contributed by atoms with van der Waals surface area (Å²) in [4.78, 5) is 10.3. The summed E-state index contributed by atoms with van der Waals surface area (Å²) in [7, 11) is 1.90. The fourth-order valence-corrected chi connectivity index (χ4v) is 3.07. The van der Waals surface area contributed by atoms with Crippen LogP contribution in [-0.2, 0) is 0 Å². The summed E-state index contributed by atoms with van der Waals surface area (Å²) in [6.07, 6.45) is 0.950. The van der Waals surface area contributed by atoms with Crippen LogP contribution >= 0.6 is 0 Å². The SMILES string of the molecule is CN[C@@H]1CCN(c2nc(N)nc3c2oc2ccc(F)c(F)c23)C1. The quantitative estimate of drug-likeness (QED) is 0.752. The van der Waals surface area contributed by atoms with Gasteiger partial charge in [0.15, 0.2) is 23.0 Å². The molecule has 1 aliphatic heterocycles. The van der Waals surface area contributed by atoms with Crippen molar-refractivity contribution >= 4 is 33.8 Å². The Bertz CT molecular complexity index is 910. The molecular weight excluding hydrogens is 304 g/mol. The summed E-state index contributed by atoms with van der Waals surface area (Å²) in [5.41, 5.74) is 6.53. The van der Waals surface area contributed by atoms with Gasteiger partial charge in [-0.3, -0.25) is 0 Å². The Labute approximate surface area is 130 Å². The van der Waals surface area contributed by atoms with Gasteiger partial charge < -0.3 is 20.4 Å². The van der Waals surface area contributed by atoms with Gasteiger partial charge in [0.05, 0.1) is 5.39 Å². The Balaban J connectivity index is 1.97. The zero-order valence-corrected chi connectivity index (χ0v) is 12.4. The molecule has 1 fully saturated rings. The van der Waals surface area contributed by atoms with E-state index in [0.29, 0.717) is 17.4 Å². The Hall–Kier alpha value is -2.48. The van der Waals surface area contributed by atoms with Gasteiger partial charge >= 0.3 is 0 Å². The second-order valence-corrected chi connectivity index (χ2v) is 5.64. The van der Waals surface area contributed by atoms with Crippen molar-refractivity contribution in [3.8, 4) is 0 Å². The molecule has 3 N–H and O–H groups in total. The molecule has 6 nitrogen and oxygen atoms in total. The van der Waals surface area contributed by atoms with Gasteiger partial charge in [0.2, 0.25) is 5.95 Å². The number of hydrogen-bond acceptors (Lipinski definition) is 6. The number of nitrogen functional groups attached to an aromatic ring is 1. The van der Waals surface area contributed by atoms with Crippen molar-refractivity contribution in [2.45, 2.75) is 12.5 Å². The van der Waals surface area contributed by atoms with Crippen molar-refractivity contribution in [1.82, 2.24) is 15.3 Å². The Morgan fingerprint density at radius 3 is 2.91 bits per heavy atom. The monoisotopic (exact) mass is 319 g/mol. The number of nitrogens with two attached hydrogens (primary N) is 1. The molecule has 3 heterocycles. The molecule has 8 heteroatoms. The van der Waals surface area contributed by atoms with E-state index in [4.69, 9.17) is 10.2 Å². The van der Waals surface area contributed by atoms with Crippen LogP contribution in [0.3, 0.4) is 0 Å². The van der Waals surface area contributed by atoms with Crippen LogP contribution in [0.25, 0.3) is 22.1 Å². The second-order valence-electron chi connectivity index (χ2n) is 5.64. The third kappa shape index (κ3) is 2.09. The van der Waals surface area contributed by atoms with E-state index in [0.717, 1.165) is 25.6 Å². The van der Waals surface area contributed by atoms with Crippen LogP contribution in [0.4, 0.5) is 20.5 Å². The number of anilines is 2. The number of nitrogens with one attached hydrogen (secondary N) is 1. The molecule has 0 radical (unpaired) electrons. The molecule has 0 amide bonds. The first-order valence-electron chi connectivity index (χ1n) is 7.34. The van der Waals surface area contributed by atoms with Crippen molar-refractivity contribution in [3.05, 3.63) is 23.8 Å². The van der Waals surface area contributed by atoms with Crippen LogP contribution in [0.1, 0.15) is 6.42 Å². The zero-order chi connectivity index (χ0) is 16.1. The molecule has 120 valence electrons. The molecule has 0 aliphatic carbocycles. The van der Waals surface area contributed by atoms with Gasteiger partial charge in [0, 0.05) is 19.1 Å². The minimum absolute atomic E-state index is 0.000265. The molecule has 0 saturated carbocycles. The van der Waals surface area contributed by atoms with Crippen molar-refractivity contribution in [1.29, 1.82) is 0 Å². The molecule has 2 aromatic heterocycles. The minimum atomic E-state index is -0.986. The predicted octanol–water partition coefficient (Wildman–Crippen LogP) is 2.03. The molecule has 4 rings (SSSR count). The van der Waals surface area contributed by atoms with E-state index < -0.39 is 11.6 Å². The predicted molar refractivity (Wildman–Crippen MR) is 83.3 cm³/mol. The number of rotatable bonds is 2. The Kier molecular flexibility index (Phi) is 3.08. The van der Waals surface area contributed by atoms with Gasteiger partial charge in [-0.25, -0.2) is 13.8 Å². The van der Waals surface area contributed by atoms with Crippen LogP contribution in [0.2, 0.25) is 0 Å². The fourth-order valence-electron chi connectivity index (χ4n) is 3.07. The topological polar surface area (TPSA) is 80.2 Å². The minimum Gasteiger partial charge on any atom is -0.450 e. The molecule has 1 atom stereocenters. The number of fused-ring (bicyclic) bond motifs is 3. The maximum atomic E-state index is 14.2. The van der Waals surface area contributed by atoms with E-state index >= 15 is 0 Å². The van der Waals surface area contributed by atoms with Gasteiger partial charge in [-0.05, 0) is 25.6 Å². The molecule has 3 aromatic rings. The van der Waals surface area contributed by atoms with Crippen molar-refractivity contribution < 1.29 is 13.2 Å². The van der Waals surface area contributed by atoms with Gasteiger partial charge in [-0.2, -0.15) is 4.98 Å². The molecule has 1 aromatic carbocycles. The first-order chi connectivity index (χ1) is 11.1. The highest BCUT2D eigenvalue weighted by Gasteiger charge is 2.27. The summed E-state index contributed by atoms with van der Waals surface area (Å²) in [6.45, 7) is 1.50. The zero-order valence-electron chi connectivity index (χ0n) is 12.4. The van der Waals surface area contributed by atoms with Gasteiger partial charge in [0.1, 0.15) is 11.1 Å². The smallest absolute Gasteiger partial charge is 0.222 e. The molecule has 1 saturated heterocycles. The summed E-state index contributed by atoms with van der Waals surface area (Å²) >= 11 is 0. The van der Waals surface area contributed by atoms with E-state index in [1.54, 1.807) is 0 Å². The summed E-state index contributed by atoms with van der Waals surface area (Å²) in [6, 6.07) is 2.75. The number of furan rings is 1. The van der Waals surface area contributed by atoms with E-state index in [9.17, 15) is 8.78 Å². The van der Waals surface area contributed by atoms with Crippen molar-refractivity contribution in [2.75, 3.05) is 30.8 Å². The standard InChI is InChI=1S/C15H15F2N5O/c1-19-7-4-5-22(6-7)14-13-12(20-15(18)21-14)10-9(23-13)3-2-8(16)11(10)17/h2-3,7,19H,4-6H2,1H3,(H2,18,20,21)/t7-/m1/s1. The van der Waals surface area contributed by atoms with E-state index in [1.165, 1.54) is 6.07 Å². The molecule has 23 heavy (non-hydrogen) atoms. The molecule has 1 aliphatic rings. The fraction of sp³-hybridized carbons (Fsp3) is 0.333. The maximum absolute atomic E-state index is 14.2. The first kappa shape index (κ1) is 14.1. The van der Waals surface area contributed by atoms with Gasteiger partial charge in [-0.1, -0.05) is 0 Å². The molecular formula is C15H15F2N5O. The Morgan fingerprint density at radius 1 is 1.35 bits per heavy atom. The maximum Gasteiger partial charge on any atom is 0.222 e. The number of halogens is 2. The number of hydrogen-bond donors (Lipinski definition) is 2. The van der Waals surface area contributed by atoms with E-state index in [2.05, 4.69) is 15.3 Å². The third-order valence-electron chi connectivity index (χ3n) is 4.27. The number of benzene rings is 1. The highest BCUT2D eigenvalue weighted by atomic mass is 19.2. The van der Waals surface area contributed by atoms with Crippen LogP contribution in [0.5, 0.6) is 0 Å². The van der Waals surface area contributed by atoms with Crippen molar-refractivity contribution in [3.63, 3.8) is 0 Å². The highest BCUT2D eigenvalue weighted by Crippen LogP contribution is 2.36. The first-order valence-corrected chi connectivity index (χ1v) is 7.34. The van der Waals surface area contributed by atoms with E-state index in [-0.39, 0.29) is 22.4 Å². The van der Waals surface area contributed by atoms with Crippen molar-refractivity contribution in [2.24, 2.45) is 0 Å². The number of aromatic nitrogens is 2. The lowest BCUT2D eigenvalue weighted by molar-refractivity contribution is 0.516. The summed E-state index contributed by atoms with van der Waals surface area (Å²) in [5, 5.41) is 3.21. The number of nitrogens with zero attached hydrogens (tertiary/aromatic N) is 3. The van der Waals surface area contributed by atoms with Crippen LogP contribution in [0, 0.1) is 11.6 Å². The van der Waals surface area contributed by atoms with Crippen LogP contribution in [0.15, 0.2) is 16.5 Å². The molecule has 0 spiro atoms. The van der Waals surface area contributed by atoms with Crippen LogP contribution < -0.4 is 16.0 Å². The lowest BCUT2D eigenvalue weighted by atomic mass is 10.2. The highest BCUT2D eigenvalue weighted by molar-refractivity contribution is 6.06. The average molecular weight is 319 g/mol. The van der Waals surface area contributed by atoms with Gasteiger partial charge in [0.25, 0.3) is 0 Å². The lowest BCUT2D eigenvalue weighted by Crippen LogP contribution is -2.30. The second kappa shape index (κ2) is 5.02. The van der Waals surface area contributed by atoms with E-state index in [1.807, 2.05) is 11.9 Å². The third-order valence-corrected chi connectivity index (χ3v) is 4.27. The van der Waals surface area contributed by atoms with Gasteiger partial charge in [-0.15, -0.1) is 0 Å². The molecule has 0 bridgehead atoms. The molecule has 0 unspecified atom stereocenters. The number of likely N-dealkylation sites (N-methyl/N-ethyl adjacent to an activating group) is 1. The average Bonchev–Trinajstić information content (AvgIpc) is 3.14. The Morgan fingerprint density at radius 2 is 2.17 bits per heavy atom. The summed E-state index contributed by atoms with van der Waals surface area (Å²) < 4.78 is 33.4.